The van der Waals surface area contributed by atoms with Gasteiger partial charge in [-0.15, -0.1) is 0 Å². The summed E-state index contributed by atoms with van der Waals surface area (Å²) in [6, 6.07) is 9.70. The molecule has 0 fully saturated rings. The molecule has 0 saturated heterocycles. The summed E-state index contributed by atoms with van der Waals surface area (Å²) in [5.41, 5.74) is 2.36. The highest BCUT2D eigenvalue weighted by atomic mass is 16.6. The molecule has 4 heterocycles. The first-order chi connectivity index (χ1) is 14.0. The van der Waals surface area contributed by atoms with E-state index in [2.05, 4.69) is 31.1 Å². The molecular weight excluding hydrogens is 378 g/mol. The molecule has 0 saturated carbocycles. The van der Waals surface area contributed by atoms with Gasteiger partial charge in [0.25, 0.3) is 0 Å². The Morgan fingerprint density at radius 1 is 1.03 bits per heavy atom. The van der Waals surface area contributed by atoms with Gasteiger partial charge >= 0.3 is 6.09 Å². The summed E-state index contributed by atoms with van der Waals surface area (Å²) in [5, 5.41) is 1.72. The average molecular weight is 404 g/mol. The molecule has 0 aromatic carbocycles. The Morgan fingerprint density at radius 2 is 1.80 bits per heavy atom. The number of carbonyl (C=O) groups excluding carboxylic acids is 1. The van der Waals surface area contributed by atoms with Crippen molar-refractivity contribution in [3.8, 4) is 11.3 Å². The van der Waals surface area contributed by atoms with Crippen molar-refractivity contribution in [2.75, 3.05) is 21.1 Å². The number of pyridine rings is 3. The van der Waals surface area contributed by atoms with Gasteiger partial charge in [0.2, 0.25) is 5.82 Å². The smallest absolute Gasteiger partial charge is 0.420 e. The molecule has 0 bridgehead atoms. The zero-order valence-electron chi connectivity index (χ0n) is 18.2. The van der Waals surface area contributed by atoms with Crippen LogP contribution in [0.4, 0.5) is 10.6 Å². The van der Waals surface area contributed by atoms with E-state index in [4.69, 9.17) is 9.72 Å². The fourth-order valence-electron chi connectivity index (χ4n) is 3.33. The molecule has 30 heavy (non-hydrogen) atoms. The third-order valence-corrected chi connectivity index (χ3v) is 4.72. The molecule has 154 valence electrons. The molecule has 4 rings (SSSR count). The van der Waals surface area contributed by atoms with Gasteiger partial charge < -0.3 is 4.74 Å². The SMILES string of the molecule is CC(C)(C)OC(=O)n1c2ccncc2c2ccc(-c3ccnc([N+](C)(C)C)c3)nc21. The summed E-state index contributed by atoms with van der Waals surface area (Å²) in [6.07, 6.45) is 4.74. The number of rotatable bonds is 2. The van der Waals surface area contributed by atoms with Crippen molar-refractivity contribution >= 4 is 33.8 Å². The van der Waals surface area contributed by atoms with Gasteiger partial charge in [-0.25, -0.2) is 19.3 Å². The van der Waals surface area contributed by atoms with Gasteiger partial charge in [-0.3, -0.25) is 9.47 Å². The maximum atomic E-state index is 13.1. The van der Waals surface area contributed by atoms with E-state index in [1.807, 2.05) is 51.1 Å². The van der Waals surface area contributed by atoms with Gasteiger partial charge in [-0.2, -0.15) is 0 Å². The van der Waals surface area contributed by atoms with E-state index in [1.165, 1.54) is 4.57 Å². The fourth-order valence-corrected chi connectivity index (χ4v) is 3.33. The molecule has 7 heteroatoms. The quantitative estimate of drug-likeness (QED) is 0.456. The van der Waals surface area contributed by atoms with Crippen LogP contribution < -0.4 is 4.48 Å². The van der Waals surface area contributed by atoms with Crippen LogP contribution in [0.2, 0.25) is 0 Å². The van der Waals surface area contributed by atoms with Crippen molar-refractivity contribution in [1.29, 1.82) is 0 Å². The first-order valence-corrected chi connectivity index (χ1v) is 9.81. The van der Waals surface area contributed by atoms with Crippen LogP contribution in [-0.4, -0.2) is 52.4 Å². The zero-order chi connectivity index (χ0) is 21.7. The number of hydrogen-bond acceptors (Lipinski definition) is 5. The van der Waals surface area contributed by atoms with Crippen molar-refractivity contribution < 1.29 is 9.53 Å². The van der Waals surface area contributed by atoms with Crippen LogP contribution in [0.3, 0.4) is 0 Å². The predicted octanol–water partition coefficient (Wildman–Crippen LogP) is 4.63. The lowest BCUT2D eigenvalue weighted by atomic mass is 10.1. The van der Waals surface area contributed by atoms with Crippen LogP contribution in [0, 0.1) is 0 Å². The van der Waals surface area contributed by atoms with Crippen LogP contribution in [0.5, 0.6) is 0 Å². The Labute approximate surface area is 175 Å². The Bertz CT molecular complexity index is 1260. The number of aromatic nitrogens is 4. The number of ether oxygens (including phenoxy) is 1. The number of nitrogens with zero attached hydrogens (tertiary/aromatic N) is 5. The zero-order valence-corrected chi connectivity index (χ0v) is 18.2. The van der Waals surface area contributed by atoms with Crippen molar-refractivity contribution in [1.82, 2.24) is 24.0 Å². The van der Waals surface area contributed by atoms with Gasteiger partial charge in [0, 0.05) is 41.0 Å². The van der Waals surface area contributed by atoms with Crippen LogP contribution >= 0.6 is 0 Å². The predicted molar refractivity (Wildman–Crippen MR) is 119 cm³/mol. The van der Waals surface area contributed by atoms with Crippen LogP contribution in [0.15, 0.2) is 48.9 Å². The van der Waals surface area contributed by atoms with E-state index >= 15 is 0 Å². The normalized spacial score (nSPS) is 12.5. The molecular formula is C23H26N5O2+. The van der Waals surface area contributed by atoms with Crippen molar-refractivity contribution in [2.24, 2.45) is 0 Å². The van der Waals surface area contributed by atoms with Gasteiger partial charge in [-0.1, -0.05) is 0 Å². The minimum Gasteiger partial charge on any atom is -0.443 e. The van der Waals surface area contributed by atoms with Crippen molar-refractivity contribution in [3.63, 3.8) is 0 Å². The topological polar surface area (TPSA) is 69.9 Å². The molecule has 0 amide bonds. The number of hydrogen-bond donors (Lipinski definition) is 0. The second kappa shape index (κ2) is 6.88. The highest BCUT2D eigenvalue weighted by Crippen LogP contribution is 2.31. The molecule has 0 aliphatic carbocycles. The minimum absolute atomic E-state index is 0.458. The molecule has 0 spiro atoms. The number of fused-ring (bicyclic) bond motifs is 3. The van der Waals surface area contributed by atoms with E-state index in [0.717, 1.165) is 33.4 Å². The maximum Gasteiger partial charge on any atom is 0.420 e. The molecule has 0 aliphatic heterocycles. The maximum absolute atomic E-state index is 13.1. The first kappa shape index (κ1) is 20.0. The molecule has 7 nitrogen and oxygen atoms in total. The monoisotopic (exact) mass is 404 g/mol. The van der Waals surface area contributed by atoms with E-state index in [9.17, 15) is 4.79 Å². The van der Waals surface area contributed by atoms with Crippen LogP contribution in [0.1, 0.15) is 20.8 Å². The lowest BCUT2D eigenvalue weighted by Crippen LogP contribution is -2.35. The van der Waals surface area contributed by atoms with E-state index in [1.54, 1.807) is 18.6 Å². The van der Waals surface area contributed by atoms with Crippen molar-refractivity contribution in [3.05, 3.63) is 48.9 Å². The van der Waals surface area contributed by atoms with E-state index in [0.29, 0.717) is 10.1 Å². The van der Waals surface area contributed by atoms with E-state index < -0.39 is 11.7 Å². The summed E-state index contributed by atoms with van der Waals surface area (Å²) < 4.78 is 7.79. The Morgan fingerprint density at radius 3 is 2.50 bits per heavy atom. The highest BCUT2D eigenvalue weighted by molar-refractivity contribution is 6.11. The van der Waals surface area contributed by atoms with Gasteiger partial charge in [0.1, 0.15) is 5.60 Å². The Hall–Kier alpha value is -3.32. The average Bonchev–Trinajstić information content (AvgIpc) is 3.00. The largest absolute Gasteiger partial charge is 0.443 e. The molecule has 0 aliphatic rings. The molecule has 4 aromatic rings. The summed E-state index contributed by atoms with van der Waals surface area (Å²) in [6.45, 7) is 5.55. The van der Waals surface area contributed by atoms with Crippen LogP contribution in [0.25, 0.3) is 33.2 Å². The third-order valence-electron chi connectivity index (χ3n) is 4.72. The summed E-state index contributed by atoms with van der Waals surface area (Å²) in [4.78, 5) is 26.6. The van der Waals surface area contributed by atoms with Gasteiger partial charge in [0.15, 0.2) is 5.65 Å². The van der Waals surface area contributed by atoms with Crippen LogP contribution in [-0.2, 0) is 4.74 Å². The number of quaternary nitrogens is 1. The minimum atomic E-state index is -0.616. The standard InChI is InChI=1S/C23H26N5O2/c1-23(2,3)30-22(29)27-19-10-11-24-14-17(19)16-7-8-18(26-21(16)27)15-9-12-25-20(13-15)28(4,5)6/h7-14H,1-6H3/q+1. The van der Waals surface area contributed by atoms with Crippen molar-refractivity contribution in [2.45, 2.75) is 26.4 Å². The summed E-state index contributed by atoms with van der Waals surface area (Å²) >= 11 is 0. The first-order valence-electron chi connectivity index (χ1n) is 9.81. The summed E-state index contributed by atoms with van der Waals surface area (Å²) in [5.74, 6) is 0.922. The van der Waals surface area contributed by atoms with Gasteiger partial charge in [-0.05, 0) is 45.0 Å². The van der Waals surface area contributed by atoms with E-state index in [-0.39, 0.29) is 0 Å². The highest BCUT2D eigenvalue weighted by Gasteiger charge is 2.24. The fraction of sp³-hybridized carbons (Fsp3) is 0.304. The molecule has 0 N–H and O–H groups in total. The molecule has 0 unspecified atom stereocenters. The second-order valence-electron chi connectivity index (χ2n) is 9.19. The lowest BCUT2D eigenvalue weighted by Gasteiger charge is -2.22. The Balaban J connectivity index is 1.94. The third kappa shape index (κ3) is 3.64. The Kier molecular flexibility index (Phi) is 4.58. The number of carbonyl (C=O) groups is 1. The second-order valence-corrected chi connectivity index (χ2v) is 9.19. The van der Waals surface area contributed by atoms with Gasteiger partial charge in [0.05, 0.1) is 32.4 Å². The molecule has 4 aromatic heterocycles. The molecule has 0 atom stereocenters. The summed E-state index contributed by atoms with van der Waals surface area (Å²) in [7, 11) is 6.20. The lowest BCUT2D eigenvalue weighted by molar-refractivity contribution is 0.0550. The molecule has 0 radical (unpaired) electrons.